The van der Waals surface area contributed by atoms with Crippen LogP contribution in [0.5, 0.6) is 0 Å². The first kappa shape index (κ1) is 15.9. The predicted molar refractivity (Wildman–Crippen MR) is 102 cm³/mol. The van der Waals surface area contributed by atoms with Crippen LogP contribution in [-0.2, 0) is 13.0 Å². The highest BCUT2D eigenvalue weighted by Gasteiger charge is 2.22. The third-order valence-electron chi connectivity index (χ3n) is 4.49. The van der Waals surface area contributed by atoms with Crippen LogP contribution < -0.4 is 10.6 Å². The molecule has 1 aliphatic heterocycles. The molecule has 0 saturated carbocycles. The van der Waals surface area contributed by atoms with Crippen molar-refractivity contribution in [2.45, 2.75) is 18.9 Å². The molecule has 0 amide bonds. The first-order valence-corrected chi connectivity index (χ1v) is 8.78. The maximum atomic E-state index is 5.91. The Hall–Kier alpha value is -2.59. The first-order chi connectivity index (χ1) is 12.3. The molecule has 3 aromatic rings. The van der Waals surface area contributed by atoms with E-state index < -0.39 is 0 Å². The van der Waals surface area contributed by atoms with E-state index in [1.54, 1.807) is 0 Å². The van der Waals surface area contributed by atoms with Gasteiger partial charge in [-0.2, -0.15) is 0 Å². The van der Waals surface area contributed by atoms with Crippen molar-refractivity contribution in [1.82, 2.24) is 9.97 Å². The molecule has 0 radical (unpaired) electrons. The molecule has 5 heteroatoms. The second-order valence-electron chi connectivity index (χ2n) is 6.25. The standard InChI is InChI=1S/C20H19ClN4/c21-17-6-3-14(4-7-17)11-23-19-8-5-15(12-24-19)10-16-13-25-20-18(16)2-1-9-22-20/h1-9,12,16H,10-11,13H2,(H,22,25)(H,23,24). The van der Waals surface area contributed by atoms with Gasteiger partial charge in [0.1, 0.15) is 11.6 Å². The monoisotopic (exact) mass is 350 g/mol. The van der Waals surface area contributed by atoms with Crippen LogP contribution in [0.15, 0.2) is 60.9 Å². The molecular formula is C20H19ClN4. The molecule has 2 N–H and O–H groups in total. The minimum absolute atomic E-state index is 0.457. The summed E-state index contributed by atoms with van der Waals surface area (Å²) in [6, 6.07) is 16.2. The zero-order chi connectivity index (χ0) is 17.1. The number of anilines is 2. The fourth-order valence-corrected chi connectivity index (χ4v) is 3.26. The molecule has 0 aliphatic carbocycles. The maximum absolute atomic E-state index is 5.91. The Bertz CT molecular complexity index is 846. The van der Waals surface area contributed by atoms with Gasteiger partial charge in [-0.1, -0.05) is 35.9 Å². The summed E-state index contributed by atoms with van der Waals surface area (Å²) in [4.78, 5) is 8.91. The highest BCUT2D eigenvalue weighted by atomic mass is 35.5. The molecule has 4 rings (SSSR count). The van der Waals surface area contributed by atoms with Crippen molar-refractivity contribution in [3.05, 3.63) is 82.6 Å². The SMILES string of the molecule is Clc1ccc(CNc2ccc(CC3CNc4ncccc43)cn2)cc1. The van der Waals surface area contributed by atoms with Gasteiger partial charge in [-0.25, -0.2) is 9.97 Å². The molecule has 4 nitrogen and oxygen atoms in total. The van der Waals surface area contributed by atoms with E-state index in [9.17, 15) is 0 Å². The topological polar surface area (TPSA) is 49.8 Å². The van der Waals surface area contributed by atoms with Crippen LogP contribution in [0.2, 0.25) is 5.02 Å². The van der Waals surface area contributed by atoms with Crippen LogP contribution in [-0.4, -0.2) is 16.5 Å². The number of rotatable bonds is 5. The molecule has 1 atom stereocenters. The van der Waals surface area contributed by atoms with E-state index in [2.05, 4.69) is 32.7 Å². The zero-order valence-corrected chi connectivity index (χ0v) is 14.5. The lowest BCUT2D eigenvalue weighted by atomic mass is 9.96. The molecule has 126 valence electrons. The highest BCUT2D eigenvalue weighted by molar-refractivity contribution is 6.30. The van der Waals surface area contributed by atoms with Gasteiger partial charge in [0.2, 0.25) is 0 Å². The summed E-state index contributed by atoms with van der Waals surface area (Å²) in [5, 5.41) is 7.47. The van der Waals surface area contributed by atoms with Gasteiger partial charge in [-0.3, -0.25) is 0 Å². The summed E-state index contributed by atoms with van der Waals surface area (Å²) in [6.07, 6.45) is 4.76. The number of halogens is 1. The maximum Gasteiger partial charge on any atom is 0.129 e. The van der Waals surface area contributed by atoms with Gasteiger partial charge in [0.25, 0.3) is 0 Å². The van der Waals surface area contributed by atoms with Crippen LogP contribution in [0.1, 0.15) is 22.6 Å². The van der Waals surface area contributed by atoms with Crippen molar-refractivity contribution in [2.75, 3.05) is 17.2 Å². The van der Waals surface area contributed by atoms with E-state index in [4.69, 9.17) is 11.6 Å². The lowest BCUT2D eigenvalue weighted by Gasteiger charge is -2.11. The number of benzene rings is 1. The van der Waals surface area contributed by atoms with Gasteiger partial charge in [-0.05, 0) is 47.4 Å². The van der Waals surface area contributed by atoms with Crippen LogP contribution >= 0.6 is 11.6 Å². The van der Waals surface area contributed by atoms with Gasteiger partial charge in [0, 0.05) is 36.4 Å². The molecule has 2 aromatic heterocycles. The van der Waals surface area contributed by atoms with Crippen LogP contribution in [0, 0.1) is 0 Å². The number of fused-ring (bicyclic) bond motifs is 1. The molecule has 1 unspecified atom stereocenters. The highest BCUT2D eigenvalue weighted by Crippen LogP contribution is 2.31. The normalized spacial score (nSPS) is 15.5. The summed E-state index contributed by atoms with van der Waals surface area (Å²) in [5.41, 5.74) is 3.71. The van der Waals surface area contributed by atoms with Crippen molar-refractivity contribution in [2.24, 2.45) is 0 Å². The van der Waals surface area contributed by atoms with Crippen LogP contribution in [0.4, 0.5) is 11.6 Å². The summed E-state index contributed by atoms with van der Waals surface area (Å²) in [6.45, 7) is 1.66. The Morgan fingerprint density at radius 2 is 1.88 bits per heavy atom. The smallest absolute Gasteiger partial charge is 0.129 e. The Labute approximate surface area is 152 Å². The van der Waals surface area contributed by atoms with E-state index >= 15 is 0 Å². The second kappa shape index (κ2) is 7.11. The second-order valence-corrected chi connectivity index (χ2v) is 6.69. The van der Waals surface area contributed by atoms with Crippen LogP contribution in [0.25, 0.3) is 0 Å². The van der Waals surface area contributed by atoms with Crippen molar-refractivity contribution >= 4 is 23.2 Å². The van der Waals surface area contributed by atoms with Crippen LogP contribution in [0.3, 0.4) is 0 Å². The summed E-state index contributed by atoms with van der Waals surface area (Å²) >= 11 is 5.91. The molecule has 0 saturated heterocycles. The predicted octanol–water partition coefficient (Wildman–Crippen LogP) is 4.49. The quantitative estimate of drug-likeness (QED) is 0.711. The molecule has 0 bridgehead atoms. The van der Waals surface area contributed by atoms with Gasteiger partial charge in [0.15, 0.2) is 0 Å². The minimum Gasteiger partial charge on any atom is -0.369 e. The molecular weight excluding hydrogens is 332 g/mol. The molecule has 25 heavy (non-hydrogen) atoms. The third-order valence-corrected chi connectivity index (χ3v) is 4.74. The van der Waals surface area contributed by atoms with Gasteiger partial charge < -0.3 is 10.6 Å². The van der Waals surface area contributed by atoms with E-state index in [0.717, 1.165) is 36.2 Å². The van der Waals surface area contributed by atoms with E-state index in [0.29, 0.717) is 5.92 Å². The molecule has 1 aliphatic rings. The number of aromatic nitrogens is 2. The lowest BCUT2D eigenvalue weighted by Crippen LogP contribution is -2.06. The fourth-order valence-electron chi connectivity index (χ4n) is 3.14. The van der Waals surface area contributed by atoms with Crippen molar-refractivity contribution in [1.29, 1.82) is 0 Å². The van der Waals surface area contributed by atoms with Gasteiger partial charge in [-0.15, -0.1) is 0 Å². The Morgan fingerprint density at radius 3 is 2.68 bits per heavy atom. The van der Waals surface area contributed by atoms with Crippen molar-refractivity contribution in [3.63, 3.8) is 0 Å². The molecule has 1 aromatic carbocycles. The Balaban J connectivity index is 1.37. The summed E-state index contributed by atoms with van der Waals surface area (Å²) in [5.74, 6) is 2.35. The Kier molecular flexibility index (Phi) is 4.53. The third kappa shape index (κ3) is 3.74. The summed E-state index contributed by atoms with van der Waals surface area (Å²) < 4.78 is 0. The number of pyridine rings is 2. The summed E-state index contributed by atoms with van der Waals surface area (Å²) in [7, 11) is 0. The lowest BCUT2D eigenvalue weighted by molar-refractivity contribution is 0.749. The average molecular weight is 351 g/mol. The molecule has 0 spiro atoms. The van der Waals surface area contributed by atoms with E-state index in [1.807, 2.05) is 48.8 Å². The number of hydrogen-bond donors (Lipinski definition) is 2. The number of nitrogens with one attached hydrogen (secondary N) is 2. The minimum atomic E-state index is 0.457. The first-order valence-electron chi connectivity index (χ1n) is 8.40. The average Bonchev–Trinajstić information content (AvgIpc) is 3.06. The van der Waals surface area contributed by atoms with E-state index in [-0.39, 0.29) is 0 Å². The molecule has 3 heterocycles. The van der Waals surface area contributed by atoms with Crippen molar-refractivity contribution in [3.8, 4) is 0 Å². The fraction of sp³-hybridized carbons (Fsp3) is 0.200. The van der Waals surface area contributed by atoms with Crippen molar-refractivity contribution < 1.29 is 0 Å². The molecule has 0 fully saturated rings. The van der Waals surface area contributed by atoms with Gasteiger partial charge in [0.05, 0.1) is 0 Å². The number of nitrogens with zero attached hydrogens (tertiary/aromatic N) is 2. The largest absolute Gasteiger partial charge is 0.369 e. The zero-order valence-electron chi connectivity index (χ0n) is 13.7. The van der Waals surface area contributed by atoms with Gasteiger partial charge >= 0.3 is 0 Å². The Morgan fingerprint density at radius 1 is 1.04 bits per heavy atom. The number of hydrogen-bond acceptors (Lipinski definition) is 4. The van der Waals surface area contributed by atoms with E-state index in [1.165, 1.54) is 16.7 Å².